The molecule has 8 heteroatoms. The maximum atomic E-state index is 12.8. The lowest BCUT2D eigenvalue weighted by atomic mass is 10.1. The van der Waals surface area contributed by atoms with Crippen molar-refractivity contribution in [1.82, 2.24) is 9.55 Å². The predicted octanol–water partition coefficient (Wildman–Crippen LogP) is 4.70. The van der Waals surface area contributed by atoms with Gasteiger partial charge in [-0.15, -0.1) is 11.8 Å². The molecule has 2 aromatic carbocycles. The van der Waals surface area contributed by atoms with Crippen molar-refractivity contribution in [2.75, 3.05) is 5.32 Å². The first-order chi connectivity index (χ1) is 16.3. The van der Waals surface area contributed by atoms with Crippen molar-refractivity contribution >= 4 is 29.3 Å². The summed E-state index contributed by atoms with van der Waals surface area (Å²) in [5.74, 6) is -0.354. The number of benzene rings is 2. The SMILES string of the molecule is CCc1nc(-c2ccccc2)cc(=O)n1CC(=O)Nc1ccc(S[C@H](CC(C)C)C(=O)O)cc1. The van der Waals surface area contributed by atoms with Crippen LogP contribution in [0.25, 0.3) is 11.3 Å². The van der Waals surface area contributed by atoms with Crippen molar-refractivity contribution in [3.8, 4) is 11.3 Å². The van der Waals surface area contributed by atoms with Gasteiger partial charge in [0.05, 0.1) is 5.69 Å². The lowest BCUT2D eigenvalue weighted by Crippen LogP contribution is -2.30. The Morgan fingerprint density at radius 3 is 2.35 bits per heavy atom. The molecule has 0 bridgehead atoms. The fourth-order valence-corrected chi connectivity index (χ4v) is 4.71. The Bertz CT molecular complexity index is 1190. The van der Waals surface area contributed by atoms with E-state index in [9.17, 15) is 19.5 Å². The van der Waals surface area contributed by atoms with Crippen LogP contribution in [0.5, 0.6) is 0 Å². The maximum absolute atomic E-state index is 12.8. The molecule has 178 valence electrons. The molecule has 0 radical (unpaired) electrons. The van der Waals surface area contributed by atoms with Crippen LogP contribution in [0.3, 0.4) is 0 Å². The molecule has 0 fully saturated rings. The first kappa shape index (κ1) is 25.2. The van der Waals surface area contributed by atoms with Crippen molar-refractivity contribution in [3.63, 3.8) is 0 Å². The third kappa shape index (κ3) is 6.81. The first-order valence-corrected chi connectivity index (χ1v) is 12.1. The van der Waals surface area contributed by atoms with Gasteiger partial charge in [0.15, 0.2) is 0 Å². The molecule has 0 saturated heterocycles. The van der Waals surface area contributed by atoms with Gasteiger partial charge in [-0.3, -0.25) is 19.0 Å². The molecule has 1 amide bonds. The molecule has 0 saturated carbocycles. The number of rotatable bonds is 10. The van der Waals surface area contributed by atoms with Crippen LogP contribution in [0.2, 0.25) is 0 Å². The normalized spacial score (nSPS) is 11.9. The van der Waals surface area contributed by atoms with Crippen LogP contribution in [0.15, 0.2) is 70.4 Å². The number of carboxylic acids is 1. The Morgan fingerprint density at radius 2 is 1.76 bits per heavy atom. The average molecular weight is 480 g/mol. The summed E-state index contributed by atoms with van der Waals surface area (Å²) >= 11 is 1.30. The number of anilines is 1. The Balaban J connectivity index is 1.68. The Labute approximate surface area is 203 Å². The number of carboxylic acid groups (broad SMARTS) is 1. The Hall–Kier alpha value is -3.39. The quantitative estimate of drug-likeness (QED) is 0.409. The smallest absolute Gasteiger partial charge is 0.316 e. The summed E-state index contributed by atoms with van der Waals surface area (Å²) < 4.78 is 1.38. The number of aryl methyl sites for hydroxylation is 1. The molecule has 2 N–H and O–H groups in total. The zero-order valence-corrected chi connectivity index (χ0v) is 20.3. The van der Waals surface area contributed by atoms with E-state index in [0.29, 0.717) is 30.0 Å². The van der Waals surface area contributed by atoms with Crippen molar-refractivity contribution in [2.45, 2.75) is 50.3 Å². The molecule has 0 aliphatic heterocycles. The van der Waals surface area contributed by atoms with Gasteiger partial charge in [0, 0.05) is 28.6 Å². The third-order valence-electron chi connectivity index (χ3n) is 5.15. The third-order valence-corrected chi connectivity index (χ3v) is 6.38. The molecule has 0 aliphatic rings. The number of aliphatic carboxylic acids is 1. The molecule has 1 aromatic heterocycles. The molecule has 3 rings (SSSR count). The van der Waals surface area contributed by atoms with Crippen molar-refractivity contribution in [3.05, 3.63) is 76.8 Å². The van der Waals surface area contributed by atoms with Gasteiger partial charge in [-0.1, -0.05) is 51.1 Å². The van der Waals surface area contributed by atoms with Gasteiger partial charge in [0.2, 0.25) is 5.91 Å². The van der Waals surface area contributed by atoms with E-state index in [2.05, 4.69) is 10.3 Å². The van der Waals surface area contributed by atoms with Gasteiger partial charge >= 0.3 is 5.97 Å². The minimum absolute atomic E-state index is 0.143. The van der Waals surface area contributed by atoms with Crippen molar-refractivity contribution in [1.29, 1.82) is 0 Å². The van der Waals surface area contributed by atoms with Crippen LogP contribution in [-0.2, 0) is 22.6 Å². The van der Waals surface area contributed by atoms with E-state index in [1.165, 1.54) is 22.4 Å². The van der Waals surface area contributed by atoms with Gasteiger partial charge in [-0.25, -0.2) is 4.98 Å². The largest absolute Gasteiger partial charge is 0.480 e. The van der Waals surface area contributed by atoms with Gasteiger partial charge in [0.1, 0.15) is 17.6 Å². The fourth-order valence-electron chi connectivity index (χ4n) is 3.50. The van der Waals surface area contributed by atoms with E-state index in [1.54, 1.807) is 24.3 Å². The number of hydrogen-bond donors (Lipinski definition) is 2. The molecule has 0 aliphatic carbocycles. The van der Waals surface area contributed by atoms with Crippen LogP contribution in [0.4, 0.5) is 5.69 Å². The number of carbonyl (C=O) groups excluding carboxylic acids is 1. The average Bonchev–Trinajstić information content (AvgIpc) is 2.81. The van der Waals surface area contributed by atoms with Crippen LogP contribution < -0.4 is 10.9 Å². The summed E-state index contributed by atoms with van der Waals surface area (Å²) in [4.78, 5) is 42.3. The monoisotopic (exact) mass is 479 g/mol. The number of aromatic nitrogens is 2. The summed E-state index contributed by atoms with van der Waals surface area (Å²) in [5.41, 5.74) is 1.73. The van der Waals surface area contributed by atoms with E-state index in [0.717, 1.165) is 10.5 Å². The van der Waals surface area contributed by atoms with Gasteiger partial charge in [-0.05, 0) is 36.6 Å². The molecular weight excluding hydrogens is 450 g/mol. The molecular formula is C26H29N3O4S. The molecule has 0 spiro atoms. The van der Waals surface area contributed by atoms with Crippen LogP contribution in [0.1, 0.15) is 33.0 Å². The summed E-state index contributed by atoms with van der Waals surface area (Å²) in [7, 11) is 0. The lowest BCUT2D eigenvalue weighted by Gasteiger charge is -2.15. The molecule has 0 unspecified atom stereocenters. The highest BCUT2D eigenvalue weighted by Gasteiger charge is 2.20. The summed E-state index contributed by atoms with van der Waals surface area (Å²) in [6.45, 7) is 5.74. The highest BCUT2D eigenvalue weighted by Crippen LogP contribution is 2.29. The minimum atomic E-state index is -0.833. The highest BCUT2D eigenvalue weighted by molar-refractivity contribution is 8.00. The number of carbonyl (C=O) groups is 2. The standard InChI is InChI=1S/C26H29N3O4S/c1-4-23-28-21(18-8-6-5-7-9-18)15-25(31)29(23)16-24(30)27-19-10-12-20(13-11-19)34-22(26(32)33)14-17(2)3/h5-13,15,17,22H,4,14,16H2,1-3H3,(H,27,30)(H,32,33)/t22-/m1/s1. The van der Waals surface area contributed by atoms with E-state index in [-0.39, 0.29) is 23.9 Å². The highest BCUT2D eigenvalue weighted by atomic mass is 32.2. The molecule has 34 heavy (non-hydrogen) atoms. The second kappa shape index (κ2) is 11.7. The molecule has 7 nitrogen and oxygen atoms in total. The number of amides is 1. The van der Waals surface area contributed by atoms with Crippen molar-refractivity contribution < 1.29 is 14.7 Å². The van der Waals surface area contributed by atoms with Crippen LogP contribution >= 0.6 is 11.8 Å². The number of thioether (sulfide) groups is 1. The summed E-state index contributed by atoms with van der Waals surface area (Å²) in [6, 6.07) is 17.9. The van der Waals surface area contributed by atoms with Crippen LogP contribution in [-0.4, -0.2) is 31.8 Å². The van der Waals surface area contributed by atoms with E-state index >= 15 is 0 Å². The summed E-state index contributed by atoms with van der Waals surface area (Å²) in [5, 5.41) is 11.7. The summed E-state index contributed by atoms with van der Waals surface area (Å²) in [6.07, 6.45) is 1.08. The van der Waals surface area contributed by atoms with Gasteiger partial charge in [0.25, 0.3) is 5.56 Å². The van der Waals surface area contributed by atoms with E-state index < -0.39 is 11.2 Å². The fraction of sp³-hybridized carbons (Fsp3) is 0.308. The first-order valence-electron chi connectivity index (χ1n) is 11.2. The predicted molar refractivity (Wildman–Crippen MR) is 135 cm³/mol. The number of hydrogen-bond acceptors (Lipinski definition) is 5. The minimum Gasteiger partial charge on any atom is -0.480 e. The van der Waals surface area contributed by atoms with Gasteiger partial charge in [-0.2, -0.15) is 0 Å². The second-order valence-corrected chi connectivity index (χ2v) is 9.62. The number of nitrogens with zero attached hydrogens (tertiary/aromatic N) is 2. The molecule has 1 atom stereocenters. The van der Waals surface area contributed by atoms with Crippen LogP contribution in [0, 0.1) is 5.92 Å². The zero-order valence-electron chi connectivity index (χ0n) is 19.5. The Kier molecular flexibility index (Phi) is 8.65. The topological polar surface area (TPSA) is 101 Å². The van der Waals surface area contributed by atoms with E-state index in [4.69, 9.17) is 0 Å². The lowest BCUT2D eigenvalue weighted by molar-refractivity contribution is -0.136. The Morgan fingerprint density at radius 1 is 1.09 bits per heavy atom. The second-order valence-electron chi connectivity index (χ2n) is 8.35. The van der Waals surface area contributed by atoms with Gasteiger partial charge < -0.3 is 10.4 Å². The zero-order chi connectivity index (χ0) is 24.7. The van der Waals surface area contributed by atoms with E-state index in [1.807, 2.05) is 51.1 Å². The number of nitrogens with one attached hydrogen (secondary N) is 1. The van der Waals surface area contributed by atoms with Crippen molar-refractivity contribution in [2.24, 2.45) is 5.92 Å². The molecule has 3 aromatic rings. The molecule has 1 heterocycles. The maximum Gasteiger partial charge on any atom is 0.316 e.